The van der Waals surface area contributed by atoms with Gasteiger partial charge in [0.15, 0.2) is 0 Å². The van der Waals surface area contributed by atoms with Gasteiger partial charge in [-0.25, -0.2) is 0 Å². The number of aliphatic hydroxyl groups is 1. The third kappa shape index (κ3) is 6.21. The van der Waals surface area contributed by atoms with Crippen LogP contribution in [0.1, 0.15) is 60.3 Å². The highest BCUT2D eigenvalue weighted by Crippen LogP contribution is 2.34. The molecule has 0 saturated carbocycles. The number of benzene rings is 4. The molecule has 1 nitrogen and oxygen atoms in total. The van der Waals surface area contributed by atoms with E-state index >= 15 is 0 Å². The Bertz CT molecular complexity index is 982. The predicted octanol–water partition coefficient (Wildman–Crippen LogP) is 7.82. The highest BCUT2D eigenvalue weighted by atomic mass is 16.3. The fraction of sp³-hybridized carbons (Fsp3) is 0.250. The minimum atomic E-state index is -0.359. The van der Waals surface area contributed by atoms with Gasteiger partial charge in [0, 0.05) is 11.8 Å². The lowest BCUT2D eigenvalue weighted by atomic mass is 9.80. The third-order valence-corrected chi connectivity index (χ3v) is 6.85. The molecule has 0 aromatic heterocycles. The lowest BCUT2D eigenvalue weighted by Crippen LogP contribution is -2.22. The standard InChI is InChI=1S/C32H34O/c1-25(22-23-30(26-14-6-2-7-15-26)27-16-8-3-9-17-27)32(33)24-31(28-18-10-4-11-19-28)29-20-12-5-13-21-29/h2-21,25,30-33H,22-24H2,1H3/t25-,32?/m1/s1. The van der Waals surface area contributed by atoms with Gasteiger partial charge in [0.05, 0.1) is 6.10 Å². The first kappa shape index (κ1) is 23.0. The molecular weight excluding hydrogens is 400 g/mol. The van der Waals surface area contributed by atoms with Crippen molar-refractivity contribution in [1.29, 1.82) is 0 Å². The second-order valence-electron chi connectivity index (χ2n) is 9.11. The summed E-state index contributed by atoms with van der Waals surface area (Å²) in [7, 11) is 0. The minimum absolute atomic E-state index is 0.198. The van der Waals surface area contributed by atoms with Gasteiger partial charge in [0.2, 0.25) is 0 Å². The van der Waals surface area contributed by atoms with Crippen molar-refractivity contribution in [3.8, 4) is 0 Å². The number of aliphatic hydroxyl groups excluding tert-OH is 1. The molecule has 0 amide bonds. The summed E-state index contributed by atoms with van der Waals surface area (Å²) in [6.07, 6.45) is 2.37. The van der Waals surface area contributed by atoms with Crippen molar-refractivity contribution in [2.24, 2.45) is 5.92 Å². The summed E-state index contributed by atoms with van der Waals surface area (Å²) in [6.45, 7) is 2.20. The molecule has 0 saturated heterocycles. The molecule has 1 heteroatoms. The molecule has 168 valence electrons. The van der Waals surface area contributed by atoms with E-state index in [0.717, 1.165) is 19.3 Å². The van der Waals surface area contributed by atoms with Crippen LogP contribution >= 0.6 is 0 Å². The Kier molecular flexibility index (Phi) is 8.11. The van der Waals surface area contributed by atoms with Crippen LogP contribution in [0.5, 0.6) is 0 Å². The second-order valence-corrected chi connectivity index (χ2v) is 9.11. The smallest absolute Gasteiger partial charge is 0.0574 e. The maximum absolute atomic E-state index is 11.3. The monoisotopic (exact) mass is 434 g/mol. The van der Waals surface area contributed by atoms with Crippen LogP contribution in [0.25, 0.3) is 0 Å². The first-order valence-corrected chi connectivity index (χ1v) is 12.1. The summed E-state index contributed by atoms with van der Waals surface area (Å²) in [4.78, 5) is 0. The van der Waals surface area contributed by atoms with E-state index in [-0.39, 0.29) is 17.9 Å². The van der Waals surface area contributed by atoms with E-state index in [4.69, 9.17) is 0 Å². The van der Waals surface area contributed by atoms with Gasteiger partial charge in [-0.15, -0.1) is 0 Å². The van der Waals surface area contributed by atoms with Gasteiger partial charge in [-0.05, 0) is 47.4 Å². The van der Waals surface area contributed by atoms with Crippen LogP contribution in [0.2, 0.25) is 0 Å². The van der Waals surface area contributed by atoms with Crippen LogP contribution in [0.4, 0.5) is 0 Å². The van der Waals surface area contributed by atoms with Crippen molar-refractivity contribution in [2.45, 2.75) is 44.1 Å². The highest BCUT2D eigenvalue weighted by Gasteiger charge is 2.24. The Labute approximate surface area is 198 Å². The summed E-state index contributed by atoms with van der Waals surface area (Å²) in [5.74, 6) is 0.764. The van der Waals surface area contributed by atoms with E-state index in [1.54, 1.807) is 0 Å². The Morgan fingerprint density at radius 3 is 1.18 bits per heavy atom. The molecule has 4 rings (SSSR count). The summed E-state index contributed by atoms with van der Waals surface area (Å²) >= 11 is 0. The maximum Gasteiger partial charge on any atom is 0.0574 e. The molecule has 4 aromatic carbocycles. The zero-order valence-corrected chi connectivity index (χ0v) is 19.4. The number of rotatable bonds is 10. The average Bonchev–Trinajstić information content (AvgIpc) is 2.89. The molecule has 4 aromatic rings. The van der Waals surface area contributed by atoms with E-state index in [1.165, 1.54) is 22.3 Å². The van der Waals surface area contributed by atoms with Crippen molar-refractivity contribution in [3.63, 3.8) is 0 Å². The Morgan fingerprint density at radius 1 is 0.485 bits per heavy atom. The lowest BCUT2D eigenvalue weighted by molar-refractivity contribution is 0.0970. The lowest BCUT2D eigenvalue weighted by Gasteiger charge is -2.27. The van der Waals surface area contributed by atoms with Crippen LogP contribution < -0.4 is 0 Å². The topological polar surface area (TPSA) is 20.2 Å². The van der Waals surface area contributed by atoms with Crippen molar-refractivity contribution >= 4 is 0 Å². The largest absolute Gasteiger partial charge is 0.393 e. The molecule has 0 heterocycles. The highest BCUT2D eigenvalue weighted by molar-refractivity contribution is 5.33. The van der Waals surface area contributed by atoms with Crippen LogP contribution in [0.15, 0.2) is 121 Å². The first-order valence-electron chi connectivity index (χ1n) is 12.1. The Balaban J connectivity index is 1.47. The quantitative estimate of drug-likeness (QED) is 0.270. The van der Waals surface area contributed by atoms with Crippen LogP contribution in [-0.2, 0) is 0 Å². The van der Waals surface area contributed by atoms with Gasteiger partial charge in [0.25, 0.3) is 0 Å². The fourth-order valence-electron chi connectivity index (χ4n) is 4.83. The number of hydrogen-bond donors (Lipinski definition) is 1. The van der Waals surface area contributed by atoms with Gasteiger partial charge >= 0.3 is 0 Å². The van der Waals surface area contributed by atoms with Crippen LogP contribution in [0.3, 0.4) is 0 Å². The van der Waals surface area contributed by atoms with Crippen molar-refractivity contribution in [2.75, 3.05) is 0 Å². The van der Waals surface area contributed by atoms with Crippen LogP contribution in [-0.4, -0.2) is 11.2 Å². The maximum atomic E-state index is 11.3. The van der Waals surface area contributed by atoms with Gasteiger partial charge in [-0.2, -0.15) is 0 Å². The Hall–Kier alpha value is -3.16. The Morgan fingerprint density at radius 2 is 0.818 bits per heavy atom. The van der Waals surface area contributed by atoms with Gasteiger partial charge in [-0.3, -0.25) is 0 Å². The molecule has 1 unspecified atom stereocenters. The molecule has 33 heavy (non-hydrogen) atoms. The molecule has 2 atom stereocenters. The second kappa shape index (κ2) is 11.6. The van der Waals surface area contributed by atoms with E-state index in [9.17, 15) is 5.11 Å². The molecule has 0 fully saturated rings. The van der Waals surface area contributed by atoms with Crippen molar-refractivity contribution in [1.82, 2.24) is 0 Å². The summed E-state index contributed by atoms with van der Waals surface area (Å²) in [6, 6.07) is 42.7. The minimum Gasteiger partial charge on any atom is -0.393 e. The zero-order valence-electron chi connectivity index (χ0n) is 19.4. The van der Waals surface area contributed by atoms with E-state index in [0.29, 0.717) is 5.92 Å². The molecule has 0 radical (unpaired) electrons. The first-order chi connectivity index (χ1) is 16.2. The van der Waals surface area contributed by atoms with E-state index < -0.39 is 0 Å². The van der Waals surface area contributed by atoms with Gasteiger partial charge in [-0.1, -0.05) is 128 Å². The van der Waals surface area contributed by atoms with Crippen LogP contribution in [0, 0.1) is 5.92 Å². The van der Waals surface area contributed by atoms with E-state index in [1.807, 2.05) is 0 Å². The normalized spacial score (nSPS) is 13.2. The molecule has 0 aliphatic carbocycles. The van der Waals surface area contributed by atoms with Gasteiger partial charge < -0.3 is 5.11 Å². The molecule has 0 bridgehead atoms. The SMILES string of the molecule is C[C@H](CCC(c1ccccc1)c1ccccc1)C(O)CC(c1ccccc1)c1ccccc1. The fourth-order valence-corrected chi connectivity index (χ4v) is 4.83. The predicted molar refractivity (Wildman–Crippen MR) is 138 cm³/mol. The van der Waals surface area contributed by atoms with Crippen molar-refractivity contribution < 1.29 is 5.11 Å². The van der Waals surface area contributed by atoms with E-state index in [2.05, 4.69) is 128 Å². The van der Waals surface area contributed by atoms with Crippen molar-refractivity contribution in [3.05, 3.63) is 144 Å². The molecule has 1 N–H and O–H groups in total. The average molecular weight is 435 g/mol. The van der Waals surface area contributed by atoms with Gasteiger partial charge in [0.1, 0.15) is 0 Å². The molecule has 0 spiro atoms. The molecule has 0 aliphatic heterocycles. The summed E-state index contributed by atoms with van der Waals surface area (Å²) in [5, 5.41) is 11.3. The number of hydrogen-bond acceptors (Lipinski definition) is 1. The molecular formula is C32H34O. The molecule has 0 aliphatic rings. The third-order valence-electron chi connectivity index (χ3n) is 6.85. The summed E-state index contributed by atoms with van der Waals surface area (Å²) < 4.78 is 0. The summed E-state index contributed by atoms with van der Waals surface area (Å²) in [5.41, 5.74) is 5.22. The zero-order chi connectivity index (χ0) is 22.9.